The largest absolute Gasteiger partial charge is 0.383 e. The molecule has 2 aromatic heterocycles. The lowest BCUT2D eigenvalue weighted by Crippen LogP contribution is -2.58. The van der Waals surface area contributed by atoms with Crippen molar-refractivity contribution in [3.05, 3.63) is 51.5 Å². The molecule has 39 heavy (non-hydrogen) atoms. The summed E-state index contributed by atoms with van der Waals surface area (Å²) in [6, 6.07) is 4.01. The van der Waals surface area contributed by atoms with E-state index < -0.39 is 0 Å². The van der Waals surface area contributed by atoms with Gasteiger partial charge in [0.25, 0.3) is 5.91 Å². The first-order chi connectivity index (χ1) is 18.7. The van der Waals surface area contributed by atoms with Crippen molar-refractivity contribution in [3.8, 4) is 0 Å². The number of piperazine rings is 1. The Morgan fingerprint density at radius 3 is 2.59 bits per heavy atom. The summed E-state index contributed by atoms with van der Waals surface area (Å²) in [7, 11) is 3.52. The topological polar surface area (TPSA) is 116 Å². The second-order valence-electron chi connectivity index (χ2n) is 9.51. The number of nitrogen functional groups attached to an aromatic ring is 1. The molecule has 0 aliphatic carbocycles. The number of aliphatic imine (C=N–C) groups is 1. The van der Waals surface area contributed by atoms with Crippen LogP contribution in [0.15, 0.2) is 34.9 Å². The molecule has 13 heteroatoms. The summed E-state index contributed by atoms with van der Waals surface area (Å²) in [5.41, 5.74) is 6.98. The molecule has 0 radical (unpaired) electrons. The molecule has 3 N–H and O–H groups in total. The van der Waals surface area contributed by atoms with E-state index in [1.54, 1.807) is 25.4 Å². The van der Waals surface area contributed by atoms with Gasteiger partial charge in [0.2, 0.25) is 0 Å². The van der Waals surface area contributed by atoms with E-state index in [2.05, 4.69) is 48.6 Å². The fraction of sp³-hybridized carbons (Fsp3) is 0.500. The molecule has 2 aromatic rings. The Kier molecular flexibility index (Phi) is 9.92. The number of carbonyl (C=O) groups is 1. The summed E-state index contributed by atoms with van der Waals surface area (Å²) in [5, 5.41) is 5.12. The van der Waals surface area contributed by atoms with Crippen LogP contribution in [-0.4, -0.2) is 94.6 Å². The van der Waals surface area contributed by atoms with E-state index in [-0.39, 0.29) is 16.9 Å². The molecule has 0 unspecified atom stereocenters. The average Bonchev–Trinajstić information content (AvgIpc) is 2.95. The highest BCUT2D eigenvalue weighted by molar-refractivity contribution is 8.17. The number of hydrogen-bond donors (Lipinski definition) is 2. The molecule has 2 saturated heterocycles. The van der Waals surface area contributed by atoms with Crippen molar-refractivity contribution < 1.29 is 4.79 Å². The van der Waals surface area contributed by atoms with E-state index in [1.165, 1.54) is 11.8 Å². The predicted molar refractivity (Wildman–Crippen MR) is 161 cm³/mol. The summed E-state index contributed by atoms with van der Waals surface area (Å²) in [5.74, 6) is 0.779. The van der Waals surface area contributed by atoms with Crippen molar-refractivity contribution in [2.75, 3.05) is 57.5 Å². The van der Waals surface area contributed by atoms with Gasteiger partial charge < -0.3 is 20.9 Å². The first-order valence-corrected chi connectivity index (χ1v) is 14.6. The van der Waals surface area contributed by atoms with Crippen molar-refractivity contribution in [1.29, 1.82) is 0 Å². The Morgan fingerprint density at radius 1 is 1.23 bits per heavy atom. The Bertz CT molecular complexity index is 1240. The number of thioether (sulfide) groups is 1. The zero-order chi connectivity index (χ0) is 28.1. The van der Waals surface area contributed by atoms with E-state index in [1.807, 2.05) is 11.9 Å². The van der Waals surface area contributed by atoms with E-state index in [0.717, 1.165) is 43.9 Å². The standard InChI is InChI=1S/C26H35Cl2N9OS/c1-5-17-15-36(24-22(28)33-20(14-32-24)25(31-4)39-16(2)30-3)12-13-37(17)18-8-10-35(11-9-18)26(38)19-6-7-21(27)34-23(19)29/h6-7,14,17-18,30H,2,5,8-13,15H2,1,3-4H3,(H2,29,34)/t17-/m0/s1. The number of pyridine rings is 1. The van der Waals surface area contributed by atoms with Gasteiger partial charge in [-0.1, -0.05) is 48.5 Å². The second-order valence-corrected chi connectivity index (χ2v) is 11.3. The third-order valence-corrected chi connectivity index (χ3v) is 8.77. The first-order valence-electron chi connectivity index (χ1n) is 13.0. The smallest absolute Gasteiger partial charge is 0.257 e. The summed E-state index contributed by atoms with van der Waals surface area (Å²) < 4.78 is 0. The van der Waals surface area contributed by atoms with Gasteiger partial charge in [0, 0.05) is 58.9 Å². The number of hydrogen-bond acceptors (Lipinski definition) is 10. The van der Waals surface area contributed by atoms with Crippen LogP contribution in [-0.2, 0) is 0 Å². The molecule has 2 aliphatic heterocycles. The Morgan fingerprint density at radius 2 is 1.97 bits per heavy atom. The number of nitrogens with two attached hydrogens (primary N) is 1. The van der Waals surface area contributed by atoms with Crippen LogP contribution in [0.2, 0.25) is 10.3 Å². The summed E-state index contributed by atoms with van der Waals surface area (Å²) in [6.45, 7) is 10.0. The highest BCUT2D eigenvalue weighted by atomic mass is 35.5. The van der Waals surface area contributed by atoms with Crippen molar-refractivity contribution in [2.45, 2.75) is 38.3 Å². The highest BCUT2D eigenvalue weighted by Gasteiger charge is 2.35. The summed E-state index contributed by atoms with van der Waals surface area (Å²) in [6.07, 6.45) is 4.55. The van der Waals surface area contributed by atoms with Gasteiger partial charge in [0.05, 0.1) is 16.8 Å². The van der Waals surface area contributed by atoms with Crippen LogP contribution in [0.1, 0.15) is 42.2 Å². The molecule has 4 heterocycles. The molecular weight excluding hydrogens is 557 g/mol. The molecule has 0 bridgehead atoms. The van der Waals surface area contributed by atoms with Gasteiger partial charge in [-0.2, -0.15) is 0 Å². The van der Waals surface area contributed by atoms with Crippen LogP contribution in [0, 0.1) is 0 Å². The maximum absolute atomic E-state index is 13.0. The van der Waals surface area contributed by atoms with Crippen LogP contribution < -0.4 is 16.0 Å². The molecule has 210 valence electrons. The number of piperidine rings is 1. The zero-order valence-electron chi connectivity index (χ0n) is 22.5. The monoisotopic (exact) mass is 591 g/mol. The molecule has 1 atom stereocenters. The maximum Gasteiger partial charge on any atom is 0.257 e. The number of halogens is 2. The Hall–Kier alpha value is -2.60. The number of carbonyl (C=O) groups excluding carboxylic acids is 1. The number of likely N-dealkylation sites (tertiary alicyclic amines) is 1. The molecule has 2 aliphatic rings. The lowest BCUT2D eigenvalue weighted by atomic mass is 9.97. The lowest BCUT2D eigenvalue weighted by molar-refractivity contribution is 0.0491. The third kappa shape index (κ3) is 6.77. The summed E-state index contributed by atoms with van der Waals surface area (Å²) >= 11 is 13.9. The molecule has 1 amide bonds. The van der Waals surface area contributed by atoms with Crippen LogP contribution in [0.4, 0.5) is 11.6 Å². The van der Waals surface area contributed by atoms with Gasteiger partial charge in [-0.3, -0.25) is 14.7 Å². The van der Waals surface area contributed by atoms with E-state index in [9.17, 15) is 4.79 Å². The molecule has 2 fully saturated rings. The van der Waals surface area contributed by atoms with Gasteiger partial charge in [-0.15, -0.1) is 0 Å². The quantitative estimate of drug-likeness (QED) is 0.282. The number of nitrogens with zero attached hydrogens (tertiary/aromatic N) is 7. The van der Waals surface area contributed by atoms with Gasteiger partial charge in [0.15, 0.2) is 11.0 Å². The predicted octanol–water partition coefficient (Wildman–Crippen LogP) is 3.77. The van der Waals surface area contributed by atoms with Gasteiger partial charge in [-0.05, 0) is 31.4 Å². The number of amides is 1. The van der Waals surface area contributed by atoms with E-state index in [4.69, 9.17) is 28.9 Å². The molecule has 0 saturated carbocycles. The minimum Gasteiger partial charge on any atom is -0.383 e. The van der Waals surface area contributed by atoms with Crippen molar-refractivity contribution in [3.63, 3.8) is 0 Å². The minimum atomic E-state index is -0.0893. The lowest BCUT2D eigenvalue weighted by Gasteiger charge is -2.47. The normalized spacial score (nSPS) is 19.3. The van der Waals surface area contributed by atoms with Crippen LogP contribution in [0.5, 0.6) is 0 Å². The summed E-state index contributed by atoms with van der Waals surface area (Å²) in [4.78, 5) is 37.3. The maximum atomic E-state index is 13.0. The zero-order valence-corrected chi connectivity index (χ0v) is 24.9. The number of nitrogens with one attached hydrogen (secondary N) is 1. The molecule has 4 rings (SSSR count). The minimum absolute atomic E-state index is 0.0893. The molecule has 10 nitrogen and oxygen atoms in total. The fourth-order valence-electron chi connectivity index (χ4n) is 5.16. The molecule has 0 spiro atoms. The van der Waals surface area contributed by atoms with Gasteiger partial charge in [-0.25, -0.2) is 15.0 Å². The number of anilines is 2. The Balaban J connectivity index is 1.37. The Labute approximate surface area is 244 Å². The van der Waals surface area contributed by atoms with Crippen molar-refractivity contribution >= 4 is 57.6 Å². The van der Waals surface area contributed by atoms with Crippen LogP contribution >= 0.6 is 35.0 Å². The molecule has 0 aromatic carbocycles. The van der Waals surface area contributed by atoms with E-state index >= 15 is 0 Å². The fourth-order valence-corrected chi connectivity index (χ4v) is 6.21. The second kappa shape index (κ2) is 13.2. The van der Waals surface area contributed by atoms with Crippen LogP contribution in [0.25, 0.3) is 0 Å². The van der Waals surface area contributed by atoms with Gasteiger partial charge in [0.1, 0.15) is 21.7 Å². The SMILES string of the molecule is C=C(NC)SC(=NC)c1cnc(N2CCN(C3CCN(C(=O)c4ccc(Cl)nc4N)CC3)[C@@H](CC)C2)c(Cl)n1. The average molecular weight is 593 g/mol. The van der Waals surface area contributed by atoms with E-state index in [0.29, 0.717) is 52.4 Å². The van der Waals surface area contributed by atoms with Crippen molar-refractivity contribution in [1.82, 2.24) is 30.1 Å². The van der Waals surface area contributed by atoms with Gasteiger partial charge >= 0.3 is 0 Å². The highest BCUT2D eigenvalue weighted by Crippen LogP contribution is 2.30. The first kappa shape index (κ1) is 29.4. The molecular formula is C26H35Cl2N9OS. The van der Waals surface area contributed by atoms with Crippen molar-refractivity contribution in [2.24, 2.45) is 4.99 Å². The number of rotatable bonds is 7. The third-order valence-electron chi connectivity index (χ3n) is 7.27. The van der Waals surface area contributed by atoms with Crippen LogP contribution in [0.3, 0.4) is 0 Å². The number of aromatic nitrogens is 3.